The summed E-state index contributed by atoms with van der Waals surface area (Å²) in [6.45, 7) is 9.77. The van der Waals surface area contributed by atoms with Crippen LogP contribution in [0.15, 0.2) is 0 Å². The van der Waals surface area contributed by atoms with Crippen molar-refractivity contribution in [3.63, 3.8) is 0 Å². The SMILES string of the molecule is CCCCCCCCCCCCCCCC(=O)OC[C@H](COP(=O)(O)OC[C@H](O)COP(=O)(O)OC[C@@H](COC(=O)CCCCCCCCCCCCCCCCC(C)CC)OC(=O)CCCCCCCCCCCCCCCCCCCCC(C)C)OC(=O)CCCCCCCCCCCCCCC. The van der Waals surface area contributed by atoms with Crippen LogP contribution in [0.25, 0.3) is 0 Å². The summed E-state index contributed by atoms with van der Waals surface area (Å²) < 4.78 is 68.9. The van der Waals surface area contributed by atoms with Crippen molar-refractivity contribution in [3.8, 4) is 0 Å². The molecule has 0 aromatic rings. The lowest BCUT2D eigenvalue weighted by molar-refractivity contribution is -0.161. The second-order valence-electron chi connectivity index (χ2n) is 31.6. The van der Waals surface area contributed by atoms with Crippen molar-refractivity contribution in [2.75, 3.05) is 39.6 Å². The Bertz CT molecular complexity index is 2010. The number of phosphoric acid groups is 2. The lowest BCUT2D eigenvalue weighted by Gasteiger charge is -2.21. The van der Waals surface area contributed by atoms with E-state index in [1.165, 1.54) is 276 Å². The molecule has 0 saturated carbocycles. The molecule has 0 aliphatic heterocycles. The average Bonchev–Trinajstić information content (AvgIpc) is 0.916. The molecule has 0 heterocycles. The Morgan fingerprint density at radius 1 is 0.276 bits per heavy atom. The summed E-state index contributed by atoms with van der Waals surface area (Å²) in [4.78, 5) is 73.2. The lowest BCUT2D eigenvalue weighted by Crippen LogP contribution is -2.30. The molecule has 624 valence electrons. The van der Waals surface area contributed by atoms with Crippen molar-refractivity contribution < 1.29 is 80.2 Å². The predicted octanol–water partition coefficient (Wildman–Crippen LogP) is 26.2. The average molecular weight is 1540 g/mol. The zero-order valence-corrected chi connectivity index (χ0v) is 70.8. The highest BCUT2D eigenvalue weighted by Crippen LogP contribution is 2.45. The number of hydrogen-bond acceptors (Lipinski definition) is 15. The molecule has 0 aromatic carbocycles. The van der Waals surface area contributed by atoms with Gasteiger partial charge in [-0.25, -0.2) is 9.13 Å². The number of hydrogen-bond donors (Lipinski definition) is 3. The molecular formula is C86H168O17P2. The molecule has 0 saturated heterocycles. The standard InChI is InChI=1S/C86H168O17P2/c1-7-10-12-14-16-18-20-30-38-44-50-56-62-68-83(88)96-74-81(102-85(90)70-64-58-52-46-40-31-21-19-17-15-13-11-8-2)76-100-104(92,93)98-72-80(87)73-99-105(94,95)101-77-82(75-97-84(89)69-63-57-51-45-39-34-29-28-33-37-43-49-55-61-67-79(6)9-3)103-86(91)71-65-59-53-47-41-35-27-25-23-22-24-26-32-36-42-48-54-60-66-78(4)5/h78-82,87H,7-77H2,1-6H3,(H,92,93)(H,94,95)/t79?,80-,81+,82+/m0/s1. The molecule has 0 amide bonds. The molecule has 105 heavy (non-hydrogen) atoms. The van der Waals surface area contributed by atoms with Crippen LogP contribution >= 0.6 is 15.6 Å². The quantitative estimate of drug-likeness (QED) is 0.0222. The minimum absolute atomic E-state index is 0.108. The van der Waals surface area contributed by atoms with Crippen LogP contribution in [0.1, 0.15) is 459 Å². The van der Waals surface area contributed by atoms with Crippen LogP contribution in [0, 0.1) is 11.8 Å². The number of ether oxygens (including phenoxy) is 4. The van der Waals surface area contributed by atoms with E-state index >= 15 is 0 Å². The maximum Gasteiger partial charge on any atom is 0.472 e. The summed E-state index contributed by atoms with van der Waals surface area (Å²) in [6.07, 6.45) is 69.2. The summed E-state index contributed by atoms with van der Waals surface area (Å²) in [7, 11) is -9.93. The Labute approximate surface area is 645 Å². The Morgan fingerprint density at radius 2 is 0.486 bits per heavy atom. The zero-order chi connectivity index (χ0) is 77.1. The van der Waals surface area contributed by atoms with E-state index in [1.54, 1.807) is 0 Å². The first-order valence-electron chi connectivity index (χ1n) is 44.5. The van der Waals surface area contributed by atoms with Crippen LogP contribution < -0.4 is 0 Å². The number of aliphatic hydroxyl groups is 1. The third kappa shape index (κ3) is 78.5. The largest absolute Gasteiger partial charge is 0.472 e. The maximum absolute atomic E-state index is 13.2. The fraction of sp³-hybridized carbons (Fsp3) is 0.953. The highest BCUT2D eigenvalue weighted by atomic mass is 31.2. The second kappa shape index (κ2) is 77.4. The zero-order valence-electron chi connectivity index (χ0n) is 69.0. The van der Waals surface area contributed by atoms with Gasteiger partial charge in [0, 0.05) is 25.7 Å². The molecule has 0 bridgehead atoms. The van der Waals surface area contributed by atoms with Crippen LogP contribution in [0.2, 0.25) is 0 Å². The van der Waals surface area contributed by atoms with Gasteiger partial charge in [-0.15, -0.1) is 0 Å². The Morgan fingerprint density at radius 3 is 0.724 bits per heavy atom. The minimum atomic E-state index is -4.97. The summed E-state index contributed by atoms with van der Waals surface area (Å²) in [5.74, 6) is -0.429. The van der Waals surface area contributed by atoms with Gasteiger partial charge in [0.15, 0.2) is 12.2 Å². The van der Waals surface area contributed by atoms with E-state index in [-0.39, 0.29) is 25.7 Å². The van der Waals surface area contributed by atoms with Gasteiger partial charge in [-0.05, 0) is 37.5 Å². The number of unbranched alkanes of at least 4 members (excludes halogenated alkanes) is 54. The fourth-order valence-corrected chi connectivity index (χ4v) is 15.0. The van der Waals surface area contributed by atoms with Crippen molar-refractivity contribution in [1.82, 2.24) is 0 Å². The number of phosphoric ester groups is 2. The van der Waals surface area contributed by atoms with Crippen molar-refractivity contribution in [2.24, 2.45) is 11.8 Å². The van der Waals surface area contributed by atoms with Crippen LogP contribution in [0.4, 0.5) is 0 Å². The molecule has 3 unspecified atom stereocenters. The third-order valence-corrected chi connectivity index (χ3v) is 22.5. The van der Waals surface area contributed by atoms with E-state index in [0.29, 0.717) is 25.7 Å². The number of rotatable bonds is 85. The number of esters is 4. The highest BCUT2D eigenvalue weighted by molar-refractivity contribution is 7.47. The number of carbonyl (C=O) groups is 4. The summed E-state index contributed by atoms with van der Waals surface area (Å²) in [6, 6.07) is 0. The molecule has 0 aliphatic rings. The molecule has 17 nitrogen and oxygen atoms in total. The van der Waals surface area contributed by atoms with Crippen LogP contribution in [-0.4, -0.2) is 96.7 Å². The van der Waals surface area contributed by atoms with Crippen molar-refractivity contribution in [1.29, 1.82) is 0 Å². The van der Waals surface area contributed by atoms with Gasteiger partial charge in [-0.1, -0.05) is 408 Å². The molecule has 0 aliphatic carbocycles. The van der Waals surface area contributed by atoms with E-state index < -0.39 is 97.5 Å². The lowest BCUT2D eigenvalue weighted by atomic mass is 9.99. The van der Waals surface area contributed by atoms with E-state index in [2.05, 4.69) is 41.5 Å². The number of aliphatic hydroxyl groups excluding tert-OH is 1. The van der Waals surface area contributed by atoms with Gasteiger partial charge in [-0.3, -0.25) is 37.3 Å². The van der Waals surface area contributed by atoms with E-state index in [1.807, 2.05) is 0 Å². The van der Waals surface area contributed by atoms with Gasteiger partial charge >= 0.3 is 39.5 Å². The van der Waals surface area contributed by atoms with Gasteiger partial charge in [-0.2, -0.15) is 0 Å². The van der Waals surface area contributed by atoms with Crippen LogP contribution in [0.3, 0.4) is 0 Å². The molecule has 0 fully saturated rings. The van der Waals surface area contributed by atoms with Crippen molar-refractivity contribution >= 4 is 39.5 Å². The Hall–Kier alpha value is -1.94. The topological polar surface area (TPSA) is 237 Å². The van der Waals surface area contributed by atoms with Crippen molar-refractivity contribution in [3.05, 3.63) is 0 Å². The second-order valence-corrected chi connectivity index (χ2v) is 34.6. The van der Waals surface area contributed by atoms with E-state index in [4.69, 9.17) is 37.0 Å². The van der Waals surface area contributed by atoms with Gasteiger partial charge in [0.2, 0.25) is 0 Å². The first kappa shape index (κ1) is 103. The first-order chi connectivity index (χ1) is 50.9. The minimum Gasteiger partial charge on any atom is -0.462 e. The molecule has 6 atom stereocenters. The summed E-state index contributed by atoms with van der Waals surface area (Å²) >= 11 is 0. The van der Waals surface area contributed by atoms with Crippen LogP contribution in [-0.2, 0) is 65.4 Å². The Balaban J connectivity index is 5.25. The van der Waals surface area contributed by atoms with Crippen molar-refractivity contribution in [2.45, 2.75) is 477 Å². The van der Waals surface area contributed by atoms with Crippen LogP contribution in [0.5, 0.6) is 0 Å². The third-order valence-electron chi connectivity index (χ3n) is 20.6. The molecule has 0 spiro atoms. The highest BCUT2D eigenvalue weighted by Gasteiger charge is 2.30. The summed E-state index contributed by atoms with van der Waals surface area (Å²) in [5.41, 5.74) is 0. The molecule has 19 heteroatoms. The van der Waals surface area contributed by atoms with Gasteiger partial charge in [0.25, 0.3) is 0 Å². The number of carbonyl (C=O) groups excluding carboxylic acids is 4. The Kier molecular flexibility index (Phi) is 76.0. The van der Waals surface area contributed by atoms with Gasteiger partial charge in [0.1, 0.15) is 19.3 Å². The van der Waals surface area contributed by atoms with Gasteiger partial charge in [0.05, 0.1) is 26.4 Å². The molecule has 0 radical (unpaired) electrons. The van der Waals surface area contributed by atoms with E-state index in [0.717, 1.165) is 102 Å². The van der Waals surface area contributed by atoms with Gasteiger partial charge < -0.3 is 33.8 Å². The normalized spacial score (nSPS) is 14.1. The van der Waals surface area contributed by atoms with E-state index in [9.17, 15) is 43.2 Å². The summed E-state index contributed by atoms with van der Waals surface area (Å²) in [5, 5.41) is 10.7. The molecule has 0 aromatic heterocycles. The maximum atomic E-state index is 13.2. The smallest absolute Gasteiger partial charge is 0.462 e. The fourth-order valence-electron chi connectivity index (χ4n) is 13.4. The monoisotopic (exact) mass is 1540 g/mol. The molecular weight excluding hydrogens is 1370 g/mol. The predicted molar refractivity (Wildman–Crippen MR) is 432 cm³/mol. The molecule has 0 rings (SSSR count). The first-order valence-corrected chi connectivity index (χ1v) is 47.5. The molecule has 3 N–H and O–H groups in total.